The predicted molar refractivity (Wildman–Crippen MR) is 145 cm³/mol. The molecule has 37 heavy (non-hydrogen) atoms. The summed E-state index contributed by atoms with van der Waals surface area (Å²) in [5.41, 5.74) is 2.10. The van der Waals surface area contributed by atoms with Gasteiger partial charge in [0, 0.05) is 42.1 Å². The van der Waals surface area contributed by atoms with Gasteiger partial charge in [0.15, 0.2) is 0 Å². The van der Waals surface area contributed by atoms with Crippen LogP contribution in [0.3, 0.4) is 0 Å². The van der Waals surface area contributed by atoms with Crippen LogP contribution in [0, 0.1) is 12.8 Å². The number of aryl methyl sites for hydroxylation is 1. The lowest BCUT2D eigenvalue weighted by Crippen LogP contribution is -2.68. The van der Waals surface area contributed by atoms with Crippen LogP contribution in [0.5, 0.6) is 5.75 Å². The fourth-order valence-electron chi connectivity index (χ4n) is 6.95. The van der Waals surface area contributed by atoms with Crippen molar-refractivity contribution in [3.05, 3.63) is 52.2 Å². The Hall–Kier alpha value is -2.64. The molecule has 1 heterocycles. The SMILES string of the molecule is C/C(=C\C1=C(NC=O)C[C@@]2(c3cc(O)ccc3C)CCN(C)C(C)C2(O)C1)C(=O)NCC1CCCCC1. The van der Waals surface area contributed by atoms with Crippen LogP contribution in [0.15, 0.2) is 41.1 Å². The van der Waals surface area contributed by atoms with Crippen LogP contribution in [-0.4, -0.2) is 59.2 Å². The van der Waals surface area contributed by atoms with Crippen molar-refractivity contribution in [1.29, 1.82) is 0 Å². The molecule has 1 aromatic rings. The molecule has 3 atom stereocenters. The van der Waals surface area contributed by atoms with Crippen LogP contribution in [-0.2, 0) is 15.0 Å². The van der Waals surface area contributed by atoms with Gasteiger partial charge in [0.2, 0.25) is 12.3 Å². The maximum Gasteiger partial charge on any atom is 0.246 e. The molecule has 1 aromatic carbocycles. The molecule has 202 valence electrons. The molecule has 4 rings (SSSR count). The van der Waals surface area contributed by atoms with Crippen LogP contribution in [0.4, 0.5) is 0 Å². The highest BCUT2D eigenvalue weighted by molar-refractivity contribution is 5.93. The first-order valence-corrected chi connectivity index (χ1v) is 13.7. The molecule has 7 heteroatoms. The smallest absolute Gasteiger partial charge is 0.246 e. The number of phenols is 1. The maximum atomic E-state index is 13.0. The Morgan fingerprint density at radius 3 is 2.65 bits per heavy atom. The van der Waals surface area contributed by atoms with Crippen molar-refractivity contribution >= 4 is 12.3 Å². The van der Waals surface area contributed by atoms with E-state index in [4.69, 9.17) is 0 Å². The zero-order chi connectivity index (χ0) is 26.8. The van der Waals surface area contributed by atoms with E-state index in [0.717, 1.165) is 41.8 Å². The molecule has 2 amide bonds. The molecular formula is C30H43N3O4. The molecule has 0 bridgehead atoms. The lowest BCUT2D eigenvalue weighted by atomic mass is 9.53. The van der Waals surface area contributed by atoms with Gasteiger partial charge in [0.05, 0.1) is 5.60 Å². The second kappa shape index (κ2) is 11.0. The number of piperidine rings is 1. The van der Waals surface area contributed by atoms with Gasteiger partial charge in [-0.1, -0.05) is 25.3 Å². The lowest BCUT2D eigenvalue weighted by molar-refractivity contribution is -0.132. The van der Waals surface area contributed by atoms with Gasteiger partial charge in [-0.3, -0.25) is 9.59 Å². The molecule has 1 aliphatic heterocycles. The van der Waals surface area contributed by atoms with Gasteiger partial charge in [0.1, 0.15) is 5.75 Å². The first-order valence-electron chi connectivity index (χ1n) is 13.7. The maximum absolute atomic E-state index is 13.0. The number of rotatable bonds is 7. The van der Waals surface area contributed by atoms with E-state index >= 15 is 0 Å². The Kier molecular flexibility index (Phi) is 8.14. The molecular weight excluding hydrogens is 466 g/mol. The van der Waals surface area contributed by atoms with Crippen molar-refractivity contribution in [2.24, 2.45) is 5.92 Å². The predicted octanol–water partition coefficient (Wildman–Crippen LogP) is 3.83. The van der Waals surface area contributed by atoms with Crippen molar-refractivity contribution in [1.82, 2.24) is 15.5 Å². The minimum atomic E-state index is -1.17. The van der Waals surface area contributed by atoms with Crippen LogP contribution in [0.2, 0.25) is 0 Å². The Balaban J connectivity index is 1.71. The van der Waals surface area contributed by atoms with E-state index in [0.29, 0.717) is 37.3 Å². The standard InChI is InChI=1S/C30H43N3O4/c1-20-10-11-25(35)15-26(20)29-12-13-33(4)22(3)30(29,37)16-24(27(17-29)32-19-34)14-21(2)28(36)31-18-23-8-6-5-7-9-23/h10-11,14-15,19,22-23,35,37H,5-9,12-13,16-18H2,1-4H3,(H,31,36)(H,32,34)/b21-14+/t22?,29-,30?/m1/s1. The van der Waals surface area contributed by atoms with Crippen LogP contribution >= 0.6 is 0 Å². The number of nitrogens with zero attached hydrogens (tertiary/aromatic N) is 1. The van der Waals surface area contributed by atoms with E-state index in [-0.39, 0.29) is 24.1 Å². The first-order chi connectivity index (χ1) is 17.6. The van der Waals surface area contributed by atoms with Crippen LogP contribution in [0.25, 0.3) is 0 Å². The summed E-state index contributed by atoms with van der Waals surface area (Å²) in [5.74, 6) is 0.594. The average Bonchev–Trinajstić information content (AvgIpc) is 2.88. The summed E-state index contributed by atoms with van der Waals surface area (Å²) < 4.78 is 0. The number of aliphatic hydroxyl groups is 1. The van der Waals surface area contributed by atoms with Crippen molar-refractivity contribution in [3.8, 4) is 5.75 Å². The molecule has 2 unspecified atom stereocenters. The minimum Gasteiger partial charge on any atom is -0.508 e. The highest BCUT2D eigenvalue weighted by Crippen LogP contribution is 2.56. The topological polar surface area (TPSA) is 102 Å². The van der Waals surface area contributed by atoms with E-state index in [1.54, 1.807) is 19.1 Å². The normalized spacial score (nSPS) is 29.5. The van der Waals surface area contributed by atoms with Gasteiger partial charge in [0.25, 0.3) is 0 Å². The Morgan fingerprint density at radius 1 is 1.22 bits per heavy atom. The molecule has 2 aliphatic carbocycles. The minimum absolute atomic E-state index is 0.106. The third-order valence-electron chi connectivity index (χ3n) is 9.39. The quantitative estimate of drug-likeness (QED) is 0.331. The molecule has 1 saturated heterocycles. The number of nitrogens with one attached hydrogen (secondary N) is 2. The number of likely N-dealkylation sites (tertiary alicyclic amines) is 1. The number of allylic oxidation sites excluding steroid dienone is 2. The van der Waals surface area contributed by atoms with Crippen LogP contribution < -0.4 is 10.6 Å². The molecule has 4 N–H and O–H groups in total. The molecule has 0 radical (unpaired) electrons. The summed E-state index contributed by atoms with van der Waals surface area (Å²) >= 11 is 0. The van der Waals surface area contributed by atoms with Crippen molar-refractivity contribution in [2.75, 3.05) is 20.1 Å². The lowest BCUT2D eigenvalue weighted by Gasteiger charge is -2.60. The van der Waals surface area contributed by atoms with E-state index in [2.05, 4.69) is 15.5 Å². The summed E-state index contributed by atoms with van der Waals surface area (Å²) in [6, 6.07) is 5.14. The molecule has 0 aromatic heterocycles. The summed E-state index contributed by atoms with van der Waals surface area (Å²) in [6.45, 7) is 7.30. The molecule has 7 nitrogen and oxygen atoms in total. The van der Waals surface area contributed by atoms with Crippen LogP contribution in [0.1, 0.15) is 76.3 Å². The number of amides is 2. The largest absolute Gasteiger partial charge is 0.508 e. The summed E-state index contributed by atoms with van der Waals surface area (Å²) in [7, 11) is 2.02. The fourth-order valence-corrected chi connectivity index (χ4v) is 6.95. The fraction of sp³-hybridized carbons (Fsp3) is 0.600. The molecule has 3 aliphatic rings. The van der Waals surface area contributed by atoms with E-state index in [1.165, 1.54) is 19.3 Å². The number of hydrogen-bond donors (Lipinski definition) is 4. The van der Waals surface area contributed by atoms with Gasteiger partial charge in [-0.15, -0.1) is 0 Å². The number of hydrogen-bond acceptors (Lipinski definition) is 5. The van der Waals surface area contributed by atoms with Gasteiger partial charge in [-0.2, -0.15) is 0 Å². The third kappa shape index (κ3) is 5.21. The molecule has 0 spiro atoms. The van der Waals surface area contributed by atoms with Crippen molar-refractivity contribution in [3.63, 3.8) is 0 Å². The Morgan fingerprint density at radius 2 is 1.95 bits per heavy atom. The molecule has 2 fully saturated rings. The van der Waals surface area contributed by atoms with Gasteiger partial charge < -0.3 is 25.7 Å². The number of likely N-dealkylation sites (N-methyl/N-ethyl adjacent to an activating group) is 1. The number of fused-ring (bicyclic) bond motifs is 1. The summed E-state index contributed by atoms with van der Waals surface area (Å²) in [4.78, 5) is 26.8. The van der Waals surface area contributed by atoms with E-state index in [1.807, 2.05) is 33.0 Å². The third-order valence-corrected chi connectivity index (χ3v) is 9.39. The zero-order valence-electron chi connectivity index (χ0n) is 22.8. The van der Waals surface area contributed by atoms with Gasteiger partial charge in [-0.05, 0) is 94.5 Å². The second-order valence-electron chi connectivity index (χ2n) is 11.6. The van der Waals surface area contributed by atoms with Crippen molar-refractivity contribution in [2.45, 2.75) is 89.2 Å². The van der Waals surface area contributed by atoms with Gasteiger partial charge >= 0.3 is 0 Å². The van der Waals surface area contributed by atoms with E-state index < -0.39 is 11.0 Å². The number of carbonyl (C=O) groups excluding carboxylic acids is 2. The number of aromatic hydroxyl groups is 1. The highest BCUT2D eigenvalue weighted by Gasteiger charge is 2.60. The first kappa shape index (κ1) is 27.4. The number of benzene rings is 1. The van der Waals surface area contributed by atoms with Gasteiger partial charge in [-0.25, -0.2) is 0 Å². The Labute approximate surface area is 221 Å². The average molecular weight is 510 g/mol. The number of phenolic OH excluding ortho intramolecular Hbond substituents is 1. The molecule has 1 saturated carbocycles. The van der Waals surface area contributed by atoms with Crippen molar-refractivity contribution < 1.29 is 19.8 Å². The summed E-state index contributed by atoms with van der Waals surface area (Å²) in [5, 5.41) is 28.9. The second-order valence-corrected chi connectivity index (χ2v) is 11.6. The monoisotopic (exact) mass is 509 g/mol. The van der Waals surface area contributed by atoms with E-state index in [9.17, 15) is 19.8 Å². The number of carbonyl (C=O) groups is 2. The Bertz CT molecular complexity index is 1090. The zero-order valence-corrected chi connectivity index (χ0v) is 22.8. The summed E-state index contributed by atoms with van der Waals surface area (Å²) in [6.07, 6.45) is 9.95. The highest BCUT2D eigenvalue weighted by atomic mass is 16.3.